The largest absolute Gasteiger partial charge is 0.289 e. The lowest BCUT2D eigenvalue weighted by molar-refractivity contribution is -0.109. The Hall–Kier alpha value is -2.74. The minimum absolute atomic E-state index is 0.0514. The van der Waals surface area contributed by atoms with E-state index in [1.54, 1.807) is 6.08 Å². The Bertz CT molecular complexity index is 918. The van der Waals surface area contributed by atoms with Crippen LogP contribution in [0.15, 0.2) is 83.0 Å². The second kappa shape index (κ2) is 4.67. The summed E-state index contributed by atoms with van der Waals surface area (Å²) in [5.41, 5.74) is 3.92. The molecule has 4 rings (SSSR count). The molecule has 0 saturated heterocycles. The third-order valence-corrected chi connectivity index (χ3v) is 3.87. The maximum Gasteiger partial charge on any atom is 0.188 e. The molecule has 0 N–H and O–H groups in total. The first-order chi connectivity index (χ1) is 10.3. The number of allylic oxidation sites excluding steroid dienone is 4. The number of ketones is 1. The molecule has 0 saturated carbocycles. The molecule has 1 aliphatic carbocycles. The van der Waals surface area contributed by atoms with Crippen LogP contribution in [0.1, 0.15) is 5.56 Å². The second-order valence-electron chi connectivity index (χ2n) is 5.24. The van der Waals surface area contributed by atoms with Gasteiger partial charge in [0.25, 0.3) is 0 Å². The Morgan fingerprint density at radius 1 is 0.857 bits per heavy atom. The molecule has 0 amide bonds. The average molecular weight is 271 g/mol. The predicted molar refractivity (Wildman–Crippen MR) is 82.0 cm³/mol. The number of para-hydroxylation sites is 1. The van der Waals surface area contributed by atoms with Gasteiger partial charge >= 0.3 is 0 Å². The fourth-order valence-corrected chi connectivity index (χ4v) is 2.87. The van der Waals surface area contributed by atoms with Gasteiger partial charge < -0.3 is 0 Å². The van der Waals surface area contributed by atoms with Gasteiger partial charge in [0.1, 0.15) is 0 Å². The van der Waals surface area contributed by atoms with Crippen molar-refractivity contribution in [3.63, 3.8) is 0 Å². The zero-order valence-electron chi connectivity index (χ0n) is 11.4. The summed E-state index contributed by atoms with van der Waals surface area (Å²) < 4.78 is 0. The Kier molecular flexibility index (Phi) is 2.68. The predicted octanol–water partition coefficient (Wildman–Crippen LogP) is 2.11. The van der Waals surface area contributed by atoms with Crippen molar-refractivity contribution in [3.05, 3.63) is 94.2 Å². The number of benzene rings is 2. The van der Waals surface area contributed by atoms with Crippen molar-refractivity contribution in [1.82, 2.24) is 0 Å². The molecular formula is C19H13NO. The number of fused-ring (bicyclic) bond motifs is 2. The van der Waals surface area contributed by atoms with E-state index in [0.29, 0.717) is 0 Å². The van der Waals surface area contributed by atoms with E-state index < -0.39 is 0 Å². The molecule has 0 atom stereocenters. The van der Waals surface area contributed by atoms with Gasteiger partial charge in [-0.25, -0.2) is 4.99 Å². The van der Waals surface area contributed by atoms with Crippen LogP contribution in [0.25, 0.3) is 5.57 Å². The third-order valence-electron chi connectivity index (χ3n) is 3.87. The third kappa shape index (κ3) is 1.96. The summed E-state index contributed by atoms with van der Waals surface area (Å²) in [6, 6.07) is 18.1. The van der Waals surface area contributed by atoms with Crippen LogP contribution in [0.4, 0.5) is 0 Å². The highest BCUT2D eigenvalue weighted by molar-refractivity contribution is 6.27. The molecule has 1 aliphatic heterocycles. The maximum atomic E-state index is 12.2. The van der Waals surface area contributed by atoms with Crippen LogP contribution < -0.4 is 10.6 Å². The molecule has 2 heteroatoms. The van der Waals surface area contributed by atoms with Gasteiger partial charge in [-0.15, -0.1) is 0 Å². The van der Waals surface area contributed by atoms with Crippen LogP contribution in [-0.4, -0.2) is 5.78 Å². The van der Waals surface area contributed by atoms with E-state index >= 15 is 0 Å². The molecule has 2 aromatic rings. The molecule has 100 valence electrons. The van der Waals surface area contributed by atoms with E-state index in [-0.39, 0.29) is 5.78 Å². The van der Waals surface area contributed by atoms with Gasteiger partial charge in [-0.3, -0.25) is 4.79 Å². The molecule has 0 bridgehead atoms. The first-order valence-corrected chi connectivity index (χ1v) is 7.01. The molecular weight excluding hydrogens is 258 g/mol. The lowest BCUT2D eigenvalue weighted by Crippen LogP contribution is -2.24. The van der Waals surface area contributed by atoms with Crippen molar-refractivity contribution in [1.29, 1.82) is 0 Å². The molecule has 2 aromatic carbocycles. The second-order valence-corrected chi connectivity index (χ2v) is 5.24. The highest BCUT2D eigenvalue weighted by Crippen LogP contribution is 2.27. The summed E-state index contributed by atoms with van der Waals surface area (Å²) in [4.78, 5) is 16.9. The first-order valence-electron chi connectivity index (χ1n) is 7.01. The van der Waals surface area contributed by atoms with Crippen LogP contribution in [0.2, 0.25) is 0 Å². The molecule has 2 aliphatic rings. The lowest BCUT2D eigenvalue weighted by atomic mass is 9.92. The Labute approximate surface area is 122 Å². The van der Waals surface area contributed by atoms with Crippen molar-refractivity contribution in [2.24, 2.45) is 4.99 Å². The number of nitrogens with zero attached hydrogens (tertiary/aromatic N) is 1. The highest BCUT2D eigenvalue weighted by atomic mass is 16.1. The highest BCUT2D eigenvalue weighted by Gasteiger charge is 2.24. The van der Waals surface area contributed by atoms with Crippen molar-refractivity contribution < 1.29 is 4.79 Å². The van der Waals surface area contributed by atoms with Gasteiger partial charge in [-0.05, 0) is 29.7 Å². The Morgan fingerprint density at radius 2 is 1.62 bits per heavy atom. The topological polar surface area (TPSA) is 29.4 Å². The Balaban J connectivity index is 1.90. The summed E-state index contributed by atoms with van der Waals surface area (Å²) in [6.07, 6.45) is 4.36. The fraction of sp³-hybridized carbons (Fsp3) is 0.0526. The van der Waals surface area contributed by atoms with E-state index in [4.69, 9.17) is 0 Å². The summed E-state index contributed by atoms with van der Waals surface area (Å²) in [6.45, 7) is 0. The molecule has 21 heavy (non-hydrogen) atoms. The van der Waals surface area contributed by atoms with E-state index in [0.717, 1.165) is 33.8 Å². The molecule has 2 nitrogen and oxygen atoms in total. The van der Waals surface area contributed by atoms with E-state index in [1.165, 1.54) is 5.56 Å². The van der Waals surface area contributed by atoms with Crippen LogP contribution in [0.3, 0.4) is 0 Å². The molecule has 0 fully saturated rings. The fourth-order valence-electron chi connectivity index (χ4n) is 2.87. The maximum absolute atomic E-state index is 12.2. The van der Waals surface area contributed by atoms with Gasteiger partial charge in [0.05, 0.1) is 16.6 Å². The molecule has 0 aromatic heterocycles. The van der Waals surface area contributed by atoms with Crippen molar-refractivity contribution in [3.8, 4) is 0 Å². The van der Waals surface area contributed by atoms with Crippen LogP contribution in [0, 0.1) is 0 Å². The average Bonchev–Trinajstić information content (AvgIpc) is 2.92. The minimum atomic E-state index is 0.0514. The lowest BCUT2D eigenvalue weighted by Gasteiger charge is -2.12. The SMILES string of the molecule is O=C1C=CC(Cc2ccccc2)=C2N=c3ccccc3=C12. The smallest absolute Gasteiger partial charge is 0.188 e. The summed E-state index contributed by atoms with van der Waals surface area (Å²) in [5, 5.41) is 1.84. The zero-order chi connectivity index (χ0) is 14.2. The van der Waals surface area contributed by atoms with Gasteiger partial charge in [0, 0.05) is 5.22 Å². The first kappa shape index (κ1) is 12.0. The molecule has 0 unspecified atom stereocenters. The quantitative estimate of drug-likeness (QED) is 0.822. The van der Waals surface area contributed by atoms with Crippen molar-refractivity contribution >= 4 is 11.4 Å². The van der Waals surface area contributed by atoms with Crippen LogP contribution >= 0.6 is 0 Å². The van der Waals surface area contributed by atoms with Crippen molar-refractivity contribution in [2.75, 3.05) is 0 Å². The minimum Gasteiger partial charge on any atom is -0.289 e. The number of hydrogen-bond acceptors (Lipinski definition) is 2. The Morgan fingerprint density at radius 3 is 2.48 bits per heavy atom. The monoisotopic (exact) mass is 271 g/mol. The standard InChI is InChI=1S/C19H13NO/c21-17-11-10-14(12-13-6-2-1-3-7-13)19-18(17)15-8-4-5-9-16(15)20-19/h1-11H,12H2. The molecule has 0 spiro atoms. The number of rotatable bonds is 2. The zero-order valence-corrected chi connectivity index (χ0v) is 11.4. The molecule has 1 heterocycles. The van der Waals surface area contributed by atoms with Gasteiger partial charge in [0.2, 0.25) is 0 Å². The summed E-state index contributed by atoms with van der Waals surface area (Å²) >= 11 is 0. The number of carbonyl (C=O) groups is 1. The molecule has 0 radical (unpaired) electrons. The van der Waals surface area contributed by atoms with E-state index in [1.807, 2.05) is 48.5 Å². The van der Waals surface area contributed by atoms with E-state index in [9.17, 15) is 4.79 Å². The summed E-state index contributed by atoms with van der Waals surface area (Å²) in [5.74, 6) is 0.0514. The normalized spacial score (nSPS) is 15.8. The van der Waals surface area contributed by atoms with Gasteiger partial charge in [-0.1, -0.05) is 54.6 Å². The van der Waals surface area contributed by atoms with E-state index in [2.05, 4.69) is 17.1 Å². The van der Waals surface area contributed by atoms with Crippen LogP contribution in [-0.2, 0) is 11.2 Å². The van der Waals surface area contributed by atoms with Crippen LogP contribution in [0.5, 0.6) is 0 Å². The summed E-state index contributed by atoms with van der Waals surface area (Å²) in [7, 11) is 0. The van der Waals surface area contributed by atoms with Gasteiger partial charge in [-0.2, -0.15) is 0 Å². The van der Waals surface area contributed by atoms with Crippen molar-refractivity contribution in [2.45, 2.75) is 6.42 Å². The number of hydrogen-bond donors (Lipinski definition) is 0. The number of carbonyl (C=O) groups excluding carboxylic acids is 1. The van der Waals surface area contributed by atoms with Gasteiger partial charge in [0.15, 0.2) is 5.78 Å².